The summed E-state index contributed by atoms with van der Waals surface area (Å²) in [5.74, 6) is -1.68. The maximum atomic E-state index is 13.7. The average Bonchev–Trinajstić information content (AvgIpc) is 2.44. The van der Waals surface area contributed by atoms with Gasteiger partial charge in [0.2, 0.25) is 0 Å². The molecular formula is C15H13Cl2F2N. The average molecular weight is 316 g/mol. The van der Waals surface area contributed by atoms with Crippen LogP contribution in [0.15, 0.2) is 36.4 Å². The molecule has 2 aromatic carbocycles. The standard InChI is InChI=1S/C15H13Cl2F2N/c1-20-13(10-5-3-6-11(16)14(10)17)8-9-4-2-7-12(18)15(9)19/h2-7,13,20H,8H2,1H3. The summed E-state index contributed by atoms with van der Waals surface area (Å²) in [7, 11) is 1.74. The van der Waals surface area contributed by atoms with Crippen LogP contribution in [0, 0.1) is 11.6 Å². The zero-order chi connectivity index (χ0) is 14.7. The number of hydrogen-bond donors (Lipinski definition) is 1. The summed E-state index contributed by atoms with van der Waals surface area (Å²) in [4.78, 5) is 0. The molecule has 0 bridgehead atoms. The van der Waals surface area contributed by atoms with Crippen molar-refractivity contribution in [3.63, 3.8) is 0 Å². The van der Waals surface area contributed by atoms with E-state index in [1.54, 1.807) is 25.2 Å². The van der Waals surface area contributed by atoms with E-state index in [1.807, 2.05) is 6.07 Å². The summed E-state index contributed by atoms with van der Waals surface area (Å²) in [5.41, 5.74) is 1.05. The zero-order valence-electron chi connectivity index (χ0n) is 10.8. The first-order valence-electron chi connectivity index (χ1n) is 6.08. The van der Waals surface area contributed by atoms with Crippen molar-refractivity contribution in [1.82, 2.24) is 5.32 Å². The highest BCUT2D eigenvalue weighted by atomic mass is 35.5. The van der Waals surface area contributed by atoms with Crippen molar-refractivity contribution in [3.8, 4) is 0 Å². The third kappa shape index (κ3) is 3.11. The van der Waals surface area contributed by atoms with Gasteiger partial charge in [-0.2, -0.15) is 0 Å². The van der Waals surface area contributed by atoms with Crippen LogP contribution < -0.4 is 5.32 Å². The molecule has 2 rings (SSSR count). The Bertz CT molecular complexity index is 617. The predicted molar refractivity (Wildman–Crippen MR) is 78.3 cm³/mol. The molecule has 0 saturated carbocycles. The Balaban J connectivity index is 2.34. The molecule has 0 aromatic heterocycles. The van der Waals surface area contributed by atoms with Crippen molar-refractivity contribution in [2.45, 2.75) is 12.5 Å². The van der Waals surface area contributed by atoms with Crippen LogP contribution in [0.2, 0.25) is 10.0 Å². The number of benzene rings is 2. The Morgan fingerprint density at radius 1 is 1.10 bits per heavy atom. The molecule has 1 N–H and O–H groups in total. The van der Waals surface area contributed by atoms with E-state index in [2.05, 4.69) is 5.32 Å². The quantitative estimate of drug-likeness (QED) is 0.856. The Kier molecular flexibility index (Phi) is 4.97. The largest absolute Gasteiger partial charge is 0.313 e. The maximum absolute atomic E-state index is 13.7. The lowest BCUT2D eigenvalue weighted by Crippen LogP contribution is -2.20. The zero-order valence-corrected chi connectivity index (χ0v) is 12.3. The normalized spacial score (nSPS) is 12.4. The third-order valence-corrected chi connectivity index (χ3v) is 3.99. The number of nitrogens with one attached hydrogen (secondary N) is 1. The molecular weight excluding hydrogens is 303 g/mol. The lowest BCUT2D eigenvalue weighted by molar-refractivity contribution is 0.487. The van der Waals surface area contributed by atoms with Gasteiger partial charge in [0.05, 0.1) is 10.0 Å². The monoisotopic (exact) mass is 315 g/mol. The summed E-state index contributed by atoms with van der Waals surface area (Å²) < 4.78 is 27.0. The van der Waals surface area contributed by atoms with E-state index in [4.69, 9.17) is 23.2 Å². The van der Waals surface area contributed by atoms with Crippen LogP contribution in [0.5, 0.6) is 0 Å². The van der Waals surface area contributed by atoms with Crippen molar-refractivity contribution in [2.75, 3.05) is 7.05 Å². The van der Waals surface area contributed by atoms with Crippen LogP contribution in [0.4, 0.5) is 8.78 Å². The summed E-state index contributed by atoms with van der Waals surface area (Å²) >= 11 is 12.1. The lowest BCUT2D eigenvalue weighted by atomic mass is 9.98. The Labute approximate surface area is 126 Å². The highest BCUT2D eigenvalue weighted by Gasteiger charge is 2.18. The molecule has 0 saturated heterocycles. The fourth-order valence-corrected chi connectivity index (χ4v) is 2.52. The molecule has 1 nitrogen and oxygen atoms in total. The number of hydrogen-bond acceptors (Lipinski definition) is 1. The Morgan fingerprint density at radius 2 is 1.80 bits per heavy atom. The Hall–Kier alpha value is -1.16. The fourth-order valence-electron chi connectivity index (χ4n) is 2.08. The van der Waals surface area contributed by atoms with Crippen molar-refractivity contribution in [2.24, 2.45) is 0 Å². The van der Waals surface area contributed by atoms with E-state index in [0.717, 1.165) is 11.6 Å². The van der Waals surface area contributed by atoms with E-state index in [-0.39, 0.29) is 12.5 Å². The molecule has 0 spiro atoms. The van der Waals surface area contributed by atoms with E-state index >= 15 is 0 Å². The highest BCUT2D eigenvalue weighted by molar-refractivity contribution is 6.42. The summed E-state index contributed by atoms with van der Waals surface area (Å²) in [6, 6.07) is 9.16. The van der Waals surface area contributed by atoms with Gasteiger partial charge in [0.25, 0.3) is 0 Å². The van der Waals surface area contributed by atoms with Gasteiger partial charge in [-0.1, -0.05) is 47.5 Å². The van der Waals surface area contributed by atoms with Crippen molar-refractivity contribution in [1.29, 1.82) is 0 Å². The molecule has 1 unspecified atom stereocenters. The summed E-state index contributed by atoms with van der Waals surface area (Å²) in [6.45, 7) is 0. The van der Waals surface area contributed by atoms with E-state index in [0.29, 0.717) is 15.6 Å². The summed E-state index contributed by atoms with van der Waals surface area (Å²) in [5, 5.41) is 3.91. The second-order valence-electron chi connectivity index (χ2n) is 4.40. The smallest absolute Gasteiger partial charge is 0.162 e. The summed E-state index contributed by atoms with van der Waals surface area (Å²) in [6.07, 6.45) is 0.278. The van der Waals surface area contributed by atoms with Crippen molar-refractivity contribution < 1.29 is 8.78 Å². The molecule has 0 aliphatic rings. The van der Waals surface area contributed by atoms with Crippen LogP contribution in [-0.2, 0) is 6.42 Å². The maximum Gasteiger partial charge on any atom is 0.162 e. The minimum atomic E-state index is -0.852. The topological polar surface area (TPSA) is 12.0 Å². The van der Waals surface area contributed by atoms with Crippen LogP contribution in [0.25, 0.3) is 0 Å². The molecule has 20 heavy (non-hydrogen) atoms. The van der Waals surface area contributed by atoms with Gasteiger partial charge in [0.1, 0.15) is 0 Å². The SMILES string of the molecule is CNC(Cc1cccc(F)c1F)c1cccc(Cl)c1Cl. The van der Waals surface area contributed by atoms with Crippen LogP contribution in [0.3, 0.4) is 0 Å². The number of rotatable bonds is 4. The fraction of sp³-hybridized carbons (Fsp3) is 0.200. The molecule has 0 radical (unpaired) electrons. The van der Waals surface area contributed by atoms with E-state index in [9.17, 15) is 8.78 Å². The molecule has 2 aromatic rings. The van der Waals surface area contributed by atoms with Crippen molar-refractivity contribution >= 4 is 23.2 Å². The molecule has 0 aliphatic carbocycles. The minimum absolute atomic E-state index is 0.252. The van der Waals surface area contributed by atoms with Crippen LogP contribution in [-0.4, -0.2) is 7.05 Å². The second kappa shape index (κ2) is 6.53. The van der Waals surface area contributed by atoms with Gasteiger partial charge in [-0.25, -0.2) is 8.78 Å². The minimum Gasteiger partial charge on any atom is -0.313 e. The van der Waals surface area contributed by atoms with Gasteiger partial charge in [0.15, 0.2) is 11.6 Å². The van der Waals surface area contributed by atoms with Gasteiger partial charge in [-0.05, 0) is 36.7 Å². The van der Waals surface area contributed by atoms with E-state index in [1.165, 1.54) is 6.07 Å². The van der Waals surface area contributed by atoms with Gasteiger partial charge in [-0.15, -0.1) is 0 Å². The third-order valence-electron chi connectivity index (χ3n) is 3.16. The molecule has 5 heteroatoms. The molecule has 0 fully saturated rings. The molecule has 0 aliphatic heterocycles. The first-order chi connectivity index (χ1) is 9.54. The van der Waals surface area contributed by atoms with Gasteiger partial charge >= 0.3 is 0 Å². The first-order valence-corrected chi connectivity index (χ1v) is 6.84. The second-order valence-corrected chi connectivity index (χ2v) is 5.19. The van der Waals surface area contributed by atoms with Crippen LogP contribution in [0.1, 0.15) is 17.2 Å². The lowest BCUT2D eigenvalue weighted by Gasteiger charge is -2.19. The highest BCUT2D eigenvalue weighted by Crippen LogP contribution is 2.31. The van der Waals surface area contributed by atoms with Gasteiger partial charge in [-0.3, -0.25) is 0 Å². The molecule has 1 atom stereocenters. The predicted octanol–water partition coefficient (Wildman–Crippen LogP) is 4.77. The van der Waals surface area contributed by atoms with Gasteiger partial charge in [0, 0.05) is 6.04 Å². The van der Waals surface area contributed by atoms with Crippen molar-refractivity contribution in [3.05, 3.63) is 69.2 Å². The van der Waals surface area contributed by atoms with E-state index < -0.39 is 11.6 Å². The first kappa shape index (κ1) is 15.2. The molecule has 0 heterocycles. The molecule has 0 amide bonds. The number of halogens is 4. The van der Waals surface area contributed by atoms with Crippen LogP contribution >= 0.6 is 23.2 Å². The molecule has 106 valence electrons. The van der Waals surface area contributed by atoms with Gasteiger partial charge < -0.3 is 5.32 Å². The number of likely N-dealkylation sites (N-methyl/N-ethyl adjacent to an activating group) is 1. The Morgan fingerprint density at radius 3 is 2.50 bits per heavy atom.